The van der Waals surface area contributed by atoms with Crippen molar-refractivity contribution in [3.05, 3.63) is 41.0 Å². The summed E-state index contributed by atoms with van der Waals surface area (Å²) in [5.74, 6) is 0.170. The Morgan fingerprint density at radius 2 is 1.69 bits per heavy atom. The Bertz CT molecular complexity index is 1080. The molecule has 15 heteroatoms. The van der Waals surface area contributed by atoms with Crippen LogP contribution >= 0.6 is 11.3 Å². The number of aromatic nitrogens is 1. The Morgan fingerprint density at radius 1 is 1.08 bits per heavy atom. The van der Waals surface area contributed by atoms with Gasteiger partial charge < -0.3 is 50.2 Å². The molecule has 0 saturated carbocycles. The quantitative estimate of drug-likeness (QED) is 0.0750. The van der Waals surface area contributed by atoms with Crippen molar-refractivity contribution in [3.8, 4) is 10.4 Å². The van der Waals surface area contributed by atoms with Crippen molar-refractivity contribution >= 4 is 36.4 Å². The molecular weight excluding hydrogens is 883 g/mol. The van der Waals surface area contributed by atoms with Crippen LogP contribution in [-0.4, -0.2) is 112 Å². The molecule has 0 aliphatic carbocycles. The average Bonchev–Trinajstić information content (AvgIpc) is 3.69. The van der Waals surface area contributed by atoms with E-state index >= 15 is 0 Å². The van der Waals surface area contributed by atoms with Crippen molar-refractivity contribution in [2.75, 3.05) is 66.3 Å². The minimum absolute atomic E-state index is 0. The summed E-state index contributed by atoms with van der Waals surface area (Å²) in [6, 6.07) is 8.15. The molecule has 1 unspecified atom stereocenters. The zero-order chi connectivity index (χ0) is 35.3. The number of aliphatic hydroxyl groups is 1. The maximum Gasteiger partial charge on any atom is 0.223 e. The van der Waals surface area contributed by atoms with E-state index in [1.807, 2.05) is 24.6 Å². The summed E-state index contributed by atoms with van der Waals surface area (Å²) in [6.45, 7) is 13.3. The fourth-order valence-electron chi connectivity index (χ4n) is 3.89. The number of hydrogen-bond donors (Lipinski definition) is 4. The molecule has 1 aliphatic heterocycles. The number of carbonyl (C=O) groups excluding carboxylic acids is 4. The van der Waals surface area contributed by atoms with Crippen molar-refractivity contribution in [1.29, 1.82) is 0 Å². The fraction of sp³-hybridized carbons (Fsp3) is 0.606. The van der Waals surface area contributed by atoms with Crippen LogP contribution in [0.1, 0.15) is 51.3 Å². The van der Waals surface area contributed by atoms with Gasteiger partial charge in [-0.05, 0) is 36.9 Å². The van der Waals surface area contributed by atoms with Gasteiger partial charge in [0.2, 0.25) is 12.3 Å². The Labute approximate surface area is 283 Å². The smallest absolute Gasteiger partial charge is 0.223 e. The molecule has 2 heterocycles. The van der Waals surface area contributed by atoms with Crippen molar-refractivity contribution in [2.45, 2.75) is 59.6 Å². The number of ether oxygens (including phenoxy) is 3. The Balaban J connectivity index is 0. The summed E-state index contributed by atoms with van der Waals surface area (Å²) in [5.41, 5.74) is 9.73. The van der Waals surface area contributed by atoms with E-state index in [9.17, 15) is 24.3 Å². The van der Waals surface area contributed by atoms with E-state index in [1.165, 1.54) is 17.5 Å². The van der Waals surface area contributed by atoms with Crippen LogP contribution in [0.25, 0.3) is 10.4 Å². The third kappa shape index (κ3) is 23.1. The summed E-state index contributed by atoms with van der Waals surface area (Å²) in [4.78, 5) is 48.6. The molecule has 1 fully saturated rings. The molecule has 13 nitrogen and oxygen atoms in total. The third-order valence-electron chi connectivity index (χ3n) is 6.12. The topological polar surface area (TPSA) is 182 Å². The van der Waals surface area contributed by atoms with Crippen molar-refractivity contribution in [2.24, 2.45) is 11.1 Å². The molecule has 2 aromatic rings. The molecule has 5 N–H and O–H groups in total. The molecule has 48 heavy (non-hydrogen) atoms. The molecule has 278 valence electrons. The molecule has 1 aromatic carbocycles. The molecule has 3 amide bonds. The zero-order valence-electron chi connectivity index (χ0n) is 28.8. The van der Waals surface area contributed by atoms with Crippen molar-refractivity contribution < 1.29 is 38.5 Å². The van der Waals surface area contributed by atoms with E-state index < -0.39 is 0 Å². The van der Waals surface area contributed by atoms with E-state index in [2.05, 4.69) is 54.3 Å². The van der Waals surface area contributed by atoms with Gasteiger partial charge in [0.15, 0.2) is 0 Å². The number of β-amino-alcohol motifs (C(OH)–C–C–N with tert-alkyl or cyclic N) is 1. The van der Waals surface area contributed by atoms with Crippen molar-refractivity contribution in [3.63, 3.8) is 0 Å². The first kappa shape index (κ1) is 45.9. The molecule has 0 radical (unpaired) electrons. The largest absolute Gasteiger partial charge is 0.528 e. The number of benzene rings is 1. The first-order chi connectivity index (χ1) is 22.6. The van der Waals surface area contributed by atoms with Gasteiger partial charge in [-0.15, -0.1) is 11.3 Å². The van der Waals surface area contributed by atoms with E-state index in [4.69, 9.17) is 14.2 Å². The number of rotatable bonds is 18. The van der Waals surface area contributed by atoms with Gasteiger partial charge in [-0.1, -0.05) is 45.0 Å². The SMILES string of the molecule is CC(C)(C)CC(=O)N1CCC(O)C1.CN.Cc1ncsc1-c1ccc(CNC=O)cc1.O=[C-]NCCOCCOCCOCCC=O.[Fm]. The first-order valence-electron chi connectivity index (χ1n) is 15.6. The first-order valence-corrected chi connectivity index (χ1v) is 16.5. The molecule has 0 spiro atoms. The number of carbonyl (C=O) groups is 3. The summed E-state index contributed by atoms with van der Waals surface area (Å²) in [6.07, 6.45) is 4.50. The maximum absolute atomic E-state index is 11.6. The van der Waals surface area contributed by atoms with E-state index in [0.29, 0.717) is 78.5 Å². The van der Waals surface area contributed by atoms with Gasteiger partial charge in [-0.25, -0.2) is 4.98 Å². The Morgan fingerprint density at radius 3 is 2.17 bits per heavy atom. The molecular formula is C33H54FmN5O8S-. The maximum atomic E-state index is 11.6. The number of likely N-dealkylation sites (tertiary alicyclic amines) is 1. The second-order valence-electron chi connectivity index (χ2n) is 11.3. The summed E-state index contributed by atoms with van der Waals surface area (Å²) in [5, 5.41) is 14.3. The number of thiazole rings is 1. The minimum Gasteiger partial charge on any atom is -0.528 e. The van der Waals surface area contributed by atoms with Crippen LogP contribution in [0.4, 0.5) is 0 Å². The number of nitrogens with two attached hydrogens (primary N) is 1. The zero-order valence-corrected chi connectivity index (χ0v) is 32.0. The normalized spacial score (nSPS) is 13.2. The van der Waals surface area contributed by atoms with Gasteiger partial charge in [-0.3, -0.25) is 9.59 Å². The van der Waals surface area contributed by atoms with Crippen LogP contribution in [0.5, 0.6) is 0 Å². The Hall–Kier alpha value is -4.27. The minimum atomic E-state index is -0.302. The second-order valence-corrected chi connectivity index (χ2v) is 12.2. The van der Waals surface area contributed by atoms with E-state index in [0.717, 1.165) is 30.5 Å². The van der Waals surface area contributed by atoms with Gasteiger partial charge in [0.25, 0.3) is 0 Å². The van der Waals surface area contributed by atoms with Gasteiger partial charge in [-0.2, -0.15) is 6.41 Å². The summed E-state index contributed by atoms with van der Waals surface area (Å²) in [7, 11) is 1.50. The van der Waals surface area contributed by atoms with Crippen LogP contribution in [0, 0.1) is 12.3 Å². The molecule has 3 rings (SSSR count). The van der Waals surface area contributed by atoms with Gasteiger partial charge >= 0.3 is 0 Å². The number of hydrogen-bond acceptors (Lipinski definition) is 11. The van der Waals surface area contributed by atoms with Crippen LogP contribution in [0.3, 0.4) is 0 Å². The molecule has 1 aliphatic rings. The molecule has 1 atom stereocenters. The van der Waals surface area contributed by atoms with Crippen LogP contribution in [0.15, 0.2) is 29.8 Å². The van der Waals surface area contributed by atoms with Crippen LogP contribution in [-0.2, 0) is 39.9 Å². The number of amides is 3. The summed E-state index contributed by atoms with van der Waals surface area (Å²) < 4.78 is 15.4. The molecule has 1 aromatic heterocycles. The van der Waals surface area contributed by atoms with Crippen LogP contribution < -0.4 is 16.4 Å². The van der Waals surface area contributed by atoms with E-state index in [-0.39, 0.29) is 17.4 Å². The number of nitrogens with one attached hydrogen (secondary N) is 2. The van der Waals surface area contributed by atoms with Gasteiger partial charge in [0, 0.05) is 39.0 Å². The number of aliphatic hydroxyl groups excluding tert-OH is 1. The standard InChI is InChI=1S/C12H12N2OS.C10H18NO5.C10H19NO2.CH5N.Fm/c1-9-12(16-8-14-9)11-4-2-10(3-5-11)6-13-7-15;12-3-1-4-14-6-8-16-9-7-15-5-2-11-10-13;1-10(2,3)6-9(13)11-5-4-8(12)7-11;1-2;/h2-5,7-8H,6H2,1H3,(H,13,15);3H,1-2,4-9H2,(H,11,13);8,12H,4-7H2,1-3H3;2H2,1H3;/q;-1;;;. The van der Waals surface area contributed by atoms with Crippen molar-refractivity contribution in [1.82, 2.24) is 20.5 Å². The monoisotopic (exact) mass is 937 g/mol. The van der Waals surface area contributed by atoms with Crippen LogP contribution in [0.2, 0.25) is 0 Å². The Kier molecular flexibility index (Phi) is 27.6. The van der Waals surface area contributed by atoms with Gasteiger partial charge in [0.1, 0.15) is 6.29 Å². The van der Waals surface area contributed by atoms with Gasteiger partial charge in [0.05, 0.1) is 61.8 Å². The second kappa shape index (κ2) is 28.9. The predicted molar refractivity (Wildman–Crippen MR) is 183 cm³/mol. The average molecular weight is 938 g/mol. The summed E-state index contributed by atoms with van der Waals surface area (Å²) >= 11 is 1.64. The molecule has 0 bridgehead atoms. The number of aryl methyl sites for hydroxylation is 1. The number of aldehydes is 1. The fourth-order valence-corrected chi connectivity index (χ4v) is 4.71. The van der Waals surface area contributed by atoms with E-state index in [1.54, 1.807) is 22.6 Å². The molecule has 1 saturated heterocycles. The number of nitrogens with zero attached hydrogens (tertiary/aromatic N) is 2. The predicted octanol–water partition coefficient (Wildman–Crippen LogP) is 2.24. The third-order valence-corrected chi connectivity index (χ3v) is 7.09.